The van der Waals surface area contributed by atoms with Gasteiger partial charge in [0.05, 0.1) is 17.9 Å². The van der Waals surface area contributed by atoms with Gasteiger partial charge in [0.25, 0.3) is 0 Å². The summed E-state index contributed by atoms with van der Waals surface area (Å²) in [7, 11) is 1.77. The first-order valence-electron chi connectivity index (χ1n) is 8.10. The Hall–Kier alpha value is -2.83. The zero-order valence-corrected chi connectivity index (χ0v) is 15.2. The summed E-state index contributed by atoms with van der Waals surface area (Å²) in [6.45, 7) is 8.21. The molecule has 2 aromatic rings. The van der Waals surface area contributed by atoms with Crippen LogP contribution >= 0.6 is 0 Å². The highest BCUT2D eigenvalue weighted by Crippen LogP contribution is 2.23. The molecule has 2 amide bonds. The number of aryl methyl sites for hydroxylation is 1. The van der Waals surface area contributed by atoms with Gasteiger partial charge >= 0.3 is 12.0 Å². The lowest BCUT2D eigenvalue weighted by atomic mass is 9.92. The van der Waals surface area contributed by atoms with E-state index in [1.165, 1.54) is 0 Å². The third-order valence-corrected chi connectivity index (χ3v) is 3.52. The summed E-state index contributed by atoms with van der Waals surface area (Å²) < 4.78 is 6.58. The number of hydrogen-bond donors (Lipinski definition) is 2. The van der Waals surface area contributed by atoms with Gasteiger partial charge in [-0.15, -0.1) is 0 Å². The van der Waals surface area contributed by atoms with Crippen LogP contribution in [0.15, 0.2) is 30.3 Å². The van der Waals surface area contributed by atoms with Crippen molar-refractivity contribution in [1.82, 2.24) is 9.78 Å². The summed E-state index contributed by atoms with van der Waals surface area (Å²) in [5, 5.41) is 9.88. The predicted octanol–water partition coefficient (Wildman–Crippen LogP) is 3.54. The number of anilines is 2. The number of carbonyl (C=O) groups excluding carboxylic acids is 2. The lowest BCUT2D eigenvalue weighted by Crippen LogP contribution is -2.21. The molecule has 0 unspecified atom stereocenters. The third kappa shape index (κ3) is 4.82. The Bertz CT molecular complexity index is 775. The average molecular weight is 344 g/mol. The molecule has 1 aromatic heterocycles. The SMILES string of the molecule is CCOC(=O)c1cccc(NC(=O)Nc2cc(C(C)(C)C)nn2C)c1. The van der Waals surface area contributed by atoms with E-state index in [1.807, 2.05) is 6.07 Å². The maximum absolute atomic E-state index is 12.2. The molecule has 0 aliphatic heterocycles. The highest BCUT2D eigenvalue weighted by Gasteiger charge is 2.19. The first kappa shape index (κ1) is 18.5. The highest BCUT2D eigenvalue weighted by atomic mass is 16.5. The minimum Gasteiger partial charge on any atom is -0.462 e. The van der Waals surface area contributed by atoms with Crippen molar-refractivity contribution in [2.75, 3.05) is 17.2 Å². The summed E-state index contributed by atoms with van der Waals surface area (Å²) in [4.78, 5) is 24.0. The molecule has 134 valence electrons. The van der Waals surface area contributed by atoms with Crippen LogP contribution in [-0.4, -0.2) is 28.4 Å². The summed E-state index contributed by atoms with van der Waals surface area (Å²) >= 11 is 0. The van der Waals surface area contributed by atoms with E-state index < -0.39 is 12.0 Å². The van der Waals surface area contributed by atoms with Gasteiger partial charge in [0, 0.05) is 24.2 Å². The van der Waals surface area contributed by atoms with E-state index in [2.05, 4.69) is 36.5 Å². The zero-order valence-electron chi connectivity index (χ0n) is 15.2. The van der Waals surface area contributed by atoms with Gasteiger partial charge in [0.15, 0.2) is 0 Å². The van der Waals surface area contributed by atoms with Crippen LogP contribution in [0.4, 0.5) is 16.3 Å². The number of rotatable bonds is 4. The molecule has 7 heteroatoms. The van der Waals surface area contributed by atoms with Crippen molar-refractivity contribution in [2.45, 2.75) is 33.1 Å². The van der Waals surface area contributed by atoms with Crippen LogP contribution in [0.5, 0.6) is 0 Å². The molecule has 0 saturated carbocycles. The van der Waals surface area contributed by atoms with Crippen LogP contribution in [0.1, 0.15) is 43.7 Å². The summed E-state index contributed by atoms with van der Waals surface area (Å²) in [5.74, 6) is 0.164. The normalized spacial score (nSPS) is 11.1. The topological polar surface area (TPSA) is 85.2 Å². The summed E-state index contributed by atoms with van der Waals surface area (Å²) in [5.41, 5.74) is 1.66. The minimum absolute atomic E-state index is 0.109. The number of carbonyl (C=O) groups is 2. The molecule has 1 heterocycles. The van der Waals surface area contributed by atoms with E-state index in [0.29, 0.717) is 23.7 Å². The number of ether oxygens (including phenoxy) is 1. The number of benzene rings is 1. The van der Waals surface area contributed by atoms with Crippen LogP contribution in [0.3, 0.4) is 0 Å². The number of nitrogens with one attached hydrogen (secondary N) is 2. The number of amides is 2. The molecule has 0 aliphatic carbocycles. The molecule has 1 aromatic carbocycles. The standard InChI is InChI=1S/C18H24N4O3/c1-6-25-16(23)12-8-7-9-13(10-12)19-17(24)20-15-11-14(18(2,3)4)21-22(15)5/h7-11H,6H2,1-5H3,(H2,19,20,24). The fourth-order valence-corrected chi connectivity index (χ4v) is 2.17. The largest absolute Gasteiger partial charge is 0.462 e. The van der Waals surface area contributed by atoms with Gasteiger partial charge < -0.3 is 10.1 Å². The Morgan fingerprint density at radius 1 is 1.20 bits per heavy atom. The van der Waals surface area contributed by atoms with Gasteiger partial charge in [0.1, 0.15) is 5.82 Å². The van der Waals surface area contributed by atoms with Gasteiger partial charge in [-0.05, 0) is 25.1 Å². The Morgan fingerprint density at radius 2 is 1.92 bits per heavy atom. The summed E-state index contributed by atoms with van der Waals surface area (Å²) in [6, 6.07) is 8.02. The quantitative estimate of drug-likeness (QED) is 0.831. The first-order chi connectivity index (χ1) is 11.7. The lowest BCUT2D eigenvalue weighted by molar-refractivity contribution is 0.0526. The number of hydrogen-bond acceptors (Lipinski definition) is 4. The molecule has 0 bridgehead atoms. The molecular formula is C18H24N4O3. The van der Waals surface area contributed by atoms with E-state index in [4.69, 9.17) is 4.74 Å². The molecule has 2 N–H and O–H groups in total. The molecule has 0 fully saturated rings. The van der Waals surface area contributed by atoms with Crippen LogP contribution in [0, 0.1) is 0 Å². The third-order valence-electron chi connectivity index (χ3n) is 3.52. The molecule has 7 nitrogen and oxygen atoms in total. The second kappa shape index (κ2) is 7.38. The van der Waals surface area contributed by atoms with Crippen molar-refractivity contribution >= 4 is 23.5 Å². The van der Waals surface area contributed by atoms with Crippen molar-refractivity contribution in [3.8, 4) is 0 Å². The van der Waals surface area contributed by atoms with Crippen molar-refractivity contribution < 1.29 is 14.3 Å². The molecule has 0 atom stereocenters. The molecule has 2 rings (SSSR count). The Morgan fingerprint density at radius 3 is 2.52 bits per heavy atom. The van der Waals surface area contributed by atoms with Crippen LogP contribution in [0.2, 0.25) is 0 Å². The van der Waals surface area contributed by atoms with E-state index in [1.54, 1.807) is 42.9 Å². The van der Waals surface area contributed by atoms with E-state index in [9.17, 15) is 9.59 Å². The van der Waals surface area contributed by atoms with Gasteiger partial charge in [0.2, 0.25) is 0 Å². The molecule has 0 saturated heterocycles. The highest BCUT2D eigenvalue weighted by molar-refractivity contribution is 6.00. The smallest absolute Gasteiger partial charge is 0.338 e. The minimum atomic E-state index is -0.423. The van der Waals surface area contributed by atoms with Gasteiger partial charge in [-0.1, -0.05) is 26.8 Å². The maximum atomic E-state index is 12.2. The van der Waals surface area contributed by atoms with Crippen molar-refractivity contribution in [1.29, 1.82) is 0 Å². The Labute approximate surface area is 147 Å². The molecule has 0 aliphatic rings. The molecule has 25 heavy (non-hydrogen) atoms. The molecule has 0 spiro atoms. The molecular weight excluding hydrogens is 320 g/mol. The van der Waals surface area contributed by atoms with Crippen molar-refractivity contribution in [3.63, 3.8) is 0 Å². The second-order valence-electron chi connectivity index (χ2n) is 6.67. The van der Waals surface area contributed by atoms with Crippen molar-refractivity contribution in [3.05, 3.63) is 41.6 Å². The molecule has 0 radical (unpaired) electrons. The Kier molecular flexibility index (Phi) is 5.46. The first-order valence-corrected chi connectivity index (χ1v) is 8.10. The number of esters is 1. The number of nitrogens with zero attached hydrogens (tertiary/aromatic N) is 2. The monoisotopic (exact) mass is 344 g/mol. The average Bonchev–Trinajstić information content (AvgIpc) is 2.89. The van der Waals surface area contributed by atoms with Crippen LogP contribution in [0.25, 0.3) is 0 Å². The Balaban J connectivity index is 2.07. The van der Waals surface area contributed by atoms with E-state index in [0.717, 1.165) is 5.69 Å². The zero-order chi connectivity index (χ0) is 18.6. The fourth-order valence-electron chi connectivity index (χ4n) is 2.17. The fraction of sp³-hybridized carbons (Fsp3) is 0.389. The van der Waals surface area contributed by atoms with Crippen LogP contribution in [-0.2, 0) is 17.2 Å². The lowest BCUT2D eigenvalue weighted by Gasteiger charge is -2.13. The maximum Gasteiger partial charge on any atom is 0.338 e. The van der Waals surface area contributed by atoms with E-state index >= 15 is 0 Å². The number of aromatic nitrogens is 2. The van der Waals surface area contributed by atoms with Crippen molar-refractivity contribution in [2.24, 2.45) is 7.05 Å². The van der Waals surface area contributed by atoms with Gasteiger partial charge in [-0.3, -0.25) is 10.00 Å². The van der Waals surface area contributed by atoms with Crippen LogP contribution < -0.4 is 10.6 Å². The summed E-state index contributed by atoms with van der Waals surface area (Å²) in [6.07, 6.45) is 0. The van der Waals surface area contributed by atoms with Gasteiger partial charge in [-0.2, -0.15) is 5.10 Å². The van der Waals surface area contributed by atoms with Gasteiger partial charge in [-0.25, -0.2) is 9.59 Å². The second-order valence-corrected chi connectivity index (χ2v) is 6.67. The predicted molar refractivity (Wildman–Crippen MR) is 96.9 cm³/mol. The van der Waals surface area contributed by atoms with E-state index in [-0.39, 0.29) is 5.41 Å². The number of urea groups is 1.